The zero-order chi connectivity index (χ0) is 21.2. The van der Waals surface area contributed by atoms with Crippen LogP contribution in [0.15, 0.2) is 54.6 Å². The maximum Gasteiger partial charge on any atom is 0.222 e. The van der Waals surface area contributed by atoms with E-state index in [1.807, 2.05) is 66.4 Å². The van der Waals surface area contributed by atoms with Gasteiger partial charge in [0.2, 0.25) is 11.8 Å². The summed E-state index contributed by atoms with van der Waals surface area (Å²) in [5, 5.41) is 3.13. The molecule has 1 N–H and O–H groups in total. The van der Waals surface area contributed by atoms with Gasteiger partial charge < -0.3 is 15.0 Å². The summed E-state index contributed by atoms with van der Waals surface area (Å²) in [6, 6.07) is 18.2. The molecule has 1 heterocycles. The first-order valence-corrected chi connectivity index (χ1v) is 10.9. The highest BCUT2D eigenvalue weighted by Gasteiger charge is 2.23. The predicted molar refractivity (Wildman–Crippen MR) is 118 cm³/mol. The molecule has 0 bridgehead atoms. The van der Waals surface area contributed by atoms with Gasteiger partial charge >= 0.3 is 0 Å². The highest BCUT2D eigenvalue weighted by molar-refractivity contribution is 5.77. The second-order valence-corrected chi connectivity index (χ2v) is 7.97. The number of carbonyl (C=O) groups is 2. The Morgan fingerprint density at radius 1 is 1.00 bits per heavy atom. The fourth-order valence-corrected chi connectivity index (χ4v) is 3.68. The Labute approximate surface area is 179 Å². The molecule has 1 fully saturated rings. The van der Waals surface area contributed by atoms with Gasteiger partial charge in [0.25, 0.3) is 0 Å². The molecule has 1 aliphatic heterocycles. The Morgan fingerprint density at radius 3 is 2.40 bits per heavy atom. The van der Waals surface area contributed by atoms with Crippen molar-refractivity contribution in [2.45, 2.75) is 51.5 Å². The largest absolute Gasteiger partial charge is 0.494 e. The minimum Gasteiger partial charge on any atom is -0.494 e. The quantitative estimate of drug-likeness (QED) is 0.641. The Kier molecular flexibility index (Phi) is 8.30. The topological polar surface area (TPSA) is 58.6 Å². The summed E-state index contributed by atoms with van der Waals surface area (Å²) in [5.41, 5.74) is 2.38. The first-order chi connectivity index (χ1) is 14.6. The minimum atomic E-state index is 0.0943. The number of nitrogens with zero attached hydrogens (tertiary/aromatic N) is 1. The Hall–Kier alpha value is -2.82. The number of rotatable bonds is 9. The third kappa shape index (κ3) is 7.21. The second-order valence-electron chi connectivity index (χ2n) is 7.97. The van der Waals surface area contributed by atoms with Crippen LogP contribution in [0, 0.1) is 6.92 Å². The SMILES string of the molecule is Cc1ccc(OCCCC(=O)N2CCC(NC(=O)CCc3ccccc3)CC2)cc1. The number of likely N-dealkylation sites (tertiary alicyclic amines) is 1. The summed E-state index contributed by atoms with van der Waals surface area (Å²) >= 11 is 0. The van der Waals surface area contributed by atoms with Crippen molar-refractivity contribution in [3.63, 3.8) is 0 Å². The molecule has 1 aliphatic rings. The smallest absolute Gasteiger partial charge is 0.222 e. The molecule has 0 aromatic heterocycles. The van der Waals surface area contributed by atoms with Gasteiger partial charge in [-0.3, -0.25) is 9.59 Å². The lowest BCUT2D eigenvalue weighted by molar-refractivity contribution is -0.132. The van der Waals surface area contributed by atoms with Crippen molar-refractivity contribution in [2.75, 3.05) is 19.7 Å². The van der Waals surface area contributed by atoms with Crippen molar-refractivity contribution in [1.82, 2.24) is 10.2 Å². The van der Waals surface area contributed by atoms with Crippen molar-refractivity contribution < 1.29 is 14.3 Å². The first kappa shape index (κ1) is 21.9. The van der Waals surface area contributed by atoms with Crippen molar-refractivity contribution in [2.24, 2.45) is 0 Å². The lowest BCUT2D eigenvalue weighted by Gasteiger charge is -2.32. The fourth-order valence-electron chi connectivity index (χ4n) is 3.68. The van der Waals surface area contributed by atoms with Crippen LogP contribution in [0.1, 0.15) is 43.2 Å². The van der Waals surface area contributed by atoms with E-state index in [-0.39, 0.29) is 17.9 Å². The van der Waals surface area contributed by atoms with Gasteiger partial charge in [0, 0.05) is 32.0 Å². The van der Waals surface area contributed by atoms with Crippen molar-refractivity contribution in [1.29, 1.82) is 0 Å². The molecule has 0 radical (unpaired) electrons. The van der Waals surface area contributed by atoms with Crippen LogP contribution in [0.5, 0.6) is 5.75 Å². The molecule has 0 aliphatic carbocycles. The normalized spacial score (nSPS) is 14.4. The lowest BCUT2D eigenvalue weighted by Crippen LogP contribution is -2.46. The predicted octanol–water partition coefficient (Wildman–Crippen LogP) is 3.89. The van der Waals surface area contributed by atoms with Gasteiger partial charge in [-0.2, -0.15) is 0 Å². The standard InChI is InChI=1S/C25H32N2O3/c1-20-9-12-23(13-10-20)30-19-5-8-25(29)27-17-15-22(16-18-27)26-24(28)14-11-21-6-3-2-4-7-21/h2-4,6-7,9-10,12-13,22H,5,8,11,14-19H2,1H3,(H,26,28). The van der Waals surface area contributed by atoms with Crippen LogP contribution in [-0.4, -0.2) is 42.5 Å². The van der Waals surface area contributed by atoms with E-state index in [2.05, 4.69) is 5.32 Å². The summed E-state index contributed by atoms with van der Waals surface area (Å²) in [6.45, 7) is 4.01. The lowest BCUT2D eigenvalue weighted by atomic mass is 10.0. The highest BCUT2D eigenvalue weighted by Crippen LogP contribution is 2.14. The van der Waals surface area contributed by atoms with E-state index in [4.69, 9.17) is 4.74 Å². The van der Waals surface area contributed by atoms with Crippen LogP contribution >= 0.6 is 0 Å². The summed E-state index contributed by atoms with van der Waals surface area (Å²) < 4.78 is 5.70. The van der Waals surface area contributed by atoms with Gasteiger partial charge in [0.15, 0.2) is 0 Å². The van der Waals surface area contributed by atoms with Gasteiger partial charge in [-0.15, -0.1) is 0 Å². The fraction of sp³-hybridized carbons (Fsp3) is 0.440. The molecule has 2 amide bonds. The number of nitrogens with one attached hydrogen (secondary N) is 1. The van der Waals surface area contributed by atoms with Crippen LogP contribution < -0.4 is 10.1 Å². The Bertz CT molecular complexity index is 797. The number of carbonyl (C=O) groups excluding carboxylic acids is 2. The molecule has 2 aromatic carbocycles. The van der Waals surface area contributed by atoms with Gasteiger partial charge in [0.1, 0.15) is 5.75 Å². The summed E-state index contributed by atoms with van der Waals surface area (Å²) in [6.07, 6.45) is 4.12. The third-order valence-corrected chi connectivity index (χ3v) is 5.52. The van der Waals surface area contributed by atoms with E-state index in [1.165, 1.54) is 11.1 Å². The van der Waals surface area contributed by atoms with E-state index >= 15 is 0 Å². The number of aryl methyl sites for hydroxylation is 2. The average Bonchev–Trinajstić information content (AvgIpc) is 2.77. The van der Waals surface area contributed by atoms with Gasteiger partial charge in [-0.25, -0.2) is 0 Å². The van der Waals surface area contributed by atoms with Crippen LogP contribution in [-0.2, 0) is 16.0 Å². The monoisotopic (exact) mass is 408 g/mol. The molecule has 5 nitrogen and oxygen atoms in total. The third-order valence-electron chi connectivity index (χ3n) is 5.52. The number of hydrogen-bond donors (Lipinski definition) is 1. The number of ether oxygens (including phenoxy) is 1. The first-order valence-electron chi connectivity index (χ1n) is 10.9. The average molecular weight is 409 g/mol. The number of hydrogen-bond acceptors (Lipinski definition) is 3. The molecular formula is C25H32N2O3. The van der Waals surface area contributed by atoms with E-state index in [0.29, 0.717) is 39.0 Å². The zero-order valence-corrected chi connectivity index (χ0v) is 17.8. The maximum atomic E-state index is 12.4. The summed E-state index contributed by atoms with van der Waals surface area (Å²) in [4.78, 5) is 26.5. The van der Waals surface area contributed by atoms with E-state index in [1.54, 1.807) is 0 Å². The number of piperidine rings is 1. The van der Waals surface area contributed by atoms with Crippen LogP contribution in [0.25, 0.3) is 0 Å². The molecule has 160 valence electrons. The molecule has 0 spiro atoms. The number of amides is 2. The molecule has 0 saturated carbocycles. The van der Waals surface area contributed by atoms with Gasteiger partial charge in [-0.1, -0.05) is 48.0 Å². The van der Waals surface area contributed by atoms with Crippen LogP contribution in [0.4, 0.5) is 0 Å². The summed E-state index contributed by atoms with van der Waals surface area (Å²) in [7, 11) is 0. The molecule has 2 aromatic rings. The molecular weight excluding hydrogens is 376 g/mol. The molecule has 30 heavy (non-hydrogen) atoms. The van der Waals surface area contributed by atoms with E-state index in [9.17, 15) is 9.59 Å². The summed E-state index contributed by atoms with van der Waals surface area (Å²) in [5.74, 6) is 1.12. The maximum absolute atomic E-state index is 12.4. The molecule has 3 rings (SSSR count). The second kappa shape index (κ2) is 11.4. The zero-order valence-electron chi connectivity index (χ0n) is 17.8. The van der Waals surface area contributed by atoms with Crippen LogP contribution in [0.2, 0.25) is 0 Å². The Morgan fingerprint density at radius 2 is 1.70 bits per heavy atom. The molecule has 0 unspecified atom stereocenters. The molecule has 1 saturated heterocycles. The highest BCUT2D eigenvalue weighted by atomic mass is 16.5. The van der Waals surface area contributed by atoms with Crippen LogP contribution in [0.3, 0.4) is 0 Å². The minimum absolute atomic E-state index is 0.0943. The van der Waals surface area contributed by atoms with Crippen molar-refractivity contribution >= 4 is 11.8 Å². The molecule has 0 atom stereocenters. The van der Waals surface area contributed by atoms with Crippen molar-refractivity contribution in [3.05, 3.63) is 65.7 Å². The van der Waals surface area contributed by atoms with Gasteiger partial charge in [0.05, 0.1) is 6.61 Å². The Balaban J connectivity index is 1.28. The van der Waals surface area contributed by atoms with Gasteiger partial charge in [-0.05, 0) is 50.3 Å². The number of benzene rings is 2. The molecule has 5 heteroatoms. The van der Waals surface area contributed by atoms with E-state index in [0.717, 1.165) is 25.0 Å². The van der Waals surface area contributed by atoms with Crippen molar-refractivity contribution in [3.8, 4) is 5.75 Å². The van der Waals surface area contributed by atoms with E-state index < -0.39 is 0 Å².